The molecular formula is C12H15ClFNO4S. The average molecular weight is 324 g/mol. The molecular weight excluding hydrogens is 309 g/mol. The van der Waals surface area contributed by atoms with Crippen LogP contribution in [0.3, 0.4) is 0 Å². The summed E-state index contributed by atoms with van der Waals surface area (Å²) in [6.07, 6.45) is 0.373. The molecule has 1 saturated heterocycles. The van der Waals surface area contributed by atoms with Gasteiger partial charge in [-0.05, 0) is 31.0 Å². The van der Waals surface area contributed by atoms with Gasteiger partial charge in [0, 0.05) is 6.54 Å². The van der Waals surface area contributed by atoms with Crippen LogP contribution in [0.2, 0.25) is 5.02 Å². The van der Waals surface area contributed by atoms with E-state index < -0.39 is 15.8 Å². The van der Waals surface area contributed by atoms with Crippen molar-refractivity contribution in [2.24, 2.45) is 0 Å². The first-order chi connectivity index (χ1) is 9.40. The van der Waals surface area contributed by atoms with Gasteiger partial charge >= 0.3 is 0 Å². The molecule has 0 aliphatic carbocycles. The summed E-state index contributed by atoms with van der Waals surface area (Å²) in [5.74, 6) is -0.540. The Morgan fingerprint density at radius 3 is 2.90 bits per heavy atom. The number of halogens is 2. The second-order valence-corrected chi connectivity index (χ2v) is 6.63. The molecule has 0 amide bonds. The normalized spacial score (nSPS) is 20.1. The first kappa shape index (κ1) is 15.7. The standard InChI is InChI=1S/C12H15ClFNO4S/c1-8-4-12(10(13)5-11(8)14)20(16,17)15-6-9-2-3-18-7-19-9/h4-5,9,15H,2-3,6-7H2,1H3/t9-/m1/s1. The number of benzene rings is 1. The Morgan fingerprint density at radius 1 is 1.50 bits per heavy atom. The van der Waals surface area contributed by atoms with Gasteiger partial charge in [-0.2, -0.15) is 0 Å². The van der Waals surface area contributed by atoms with Gasteiger partial charge in [0.2, 0.25) is 10.0 Å². The maximum absolute atomic E-state index is 13.3. The summed E-state index contributed by atoms with van der Waals surface area (Å²) in [6.45, 7) is 2.29. The van der Waals surface area contributed by atoms with Gasteiger partial charge in [-0.1, -0.05) is 11.6 Å². The fourth-order valence-corrected chi connectivity index (χ4v) is 3.44. The molecule has 1 fully saturated rings. The predicted molar refractivity (Wildman–Crippen MR) is 71.6 cm³/mol. The monoisotopic (exact) mass is 323 g/mol. The van der Waals surface area contributed by atoms with Crippen LogP contribution in [0, 0.1) is 12.7 Å². The van der Waals surface area contributed by atoms with E-state index in [-0.39, 0.29) is 34.9 Å². The van der Waals surface area contributed by atoms with Crippen molar-refractivity contribution in [2.75, 3.05) is 19.9 Å². The molecule has 0 radical (unpaired) electrons. The lowest BCUT2D eigenvalue weighted by Crippen LogP contribution is -2.37. The molecule has 0 spiro atoms. The van der Waals surface area contributed by atoms with Crippen LogP contribution < -0.4 is 4.72 Å². The number of sulfonamides is 1. The zero-order chi connectivity index (χ0) is 14.8. The number of nitrogens with one attached hydrogen (secondary N) is 1. The Bertz CT molecular complexity index is 587. The molecule has 0 saturated carbocycles. The van der Waals surface area contributed by atoms with Gasteiger partial charge in [0.15, 0.2) is 0 Å². The molecule has 20 heavy (non-hydrogen) atoms. The minimum absolute atomic E-state index is 0.123. The average Bonchev–Trinajstić information content (AvgIpc) is 2.42. The van der Waals surface area contributed by atoms with E-state index in [1.807, 2.05) is 0 Å². The molecule has 1 atom stereocenters. The number of hydrogen-bond acceptors (Lipinski definition) is 4. The molecule has 1 aliphatic rings. The summed E-state index contributed by atoms with van der Waals surface area (Å²) in [5, 5.41) is -0.145. The highest BCUT2D eigenvalue weighted by Gasteiger charge is 2.22. The maximum atomic E-state index is 13.3. The van der Waals surface area contributed by atoms with Gasteiger partial charge in [-0.3, -0.25) is 0 Å². The molecule has 1 aromatic rings. The van der Waals surface area contributed by atoms with Crippen LogP contribution in [-0.2, 0) is 19.5 Å². The molecule has 1 aliphatic heterocycles. The Kier molecular flexibility index (Phi) is 4.98. The van der Waals surface area contributed by atoms with Crippen LogP contribution >= 0.6 is 11.6 Å². The highest BCUT2D eigenvalue weighted by Crippen LogP contribution is 2.24. The Morgan fingerprint density at radius 2 is 2.25 bits per heavy atom. The quantitative estimate of drug-likeness (QED) is 0.918. The summed E-state index contributed by atoms with van der Waals surface area (Å²) in [6, 6.07) is 2.21. The van der Waals surface area contributed by atoms with E-state index >= 15 is 0 Å². The van der Waals surface area contributed by atoms with Crippen molar-refractivity contribution in [3.05, 3.63) is 28.5 Å². The molecule has 8 heteroatoms. The second kappa shape index (κ2) is 6.36. The fraction of sp³-hybridized carbons (Fsp3) is 0.500. The van der Waals surface area contributed by atoms with Gasteiger partial charge in [0.05, 0.1) is 17.7 Å². The van der Waals surface area contributed by atoms with Crippen LogP contribution in [0.5, 0.6) is 0 Å². The summed E-state index contributed by atoms with van der Waals surface area (Å²) in [7, 11) is -3.80. The van der Waals surface area contributed by atoms with Crippen molar-refractivity contribution in [3.8, 4) is 0 Å². The summed E-state index contributed by atoms with van der Waals surface area (Å²) in [4.78, 5) is -0.134. The minimum Gasteiger partial charge on any atom is -0.355 e. The van der Waals surface area contributed by atoms with E-state index in [4.69, 9.17) is 21.1 Å². The van der Waals surface area contributed by atoms with E-state index in [0.29, 0.717) is 13.0 Å². The zero-order valence-electron chi connectivity index (χ0n) is 10.9. The maximum Gasteiger partial charge on any atom is 0.242 e. The SMILES string of the molecule is Cc1cc(S(=O)(=O)NC[C@H]2CCOCO2)c(Cl)cc1F. The number of ether oxygens (including phenoxy) is 2. The number of aryl methyl sites for hydroxylation is 1. The van der Waals surface area contributed by atoms with Gasteiger partial charge in [0.25, 0.3) is 0 Å². The first-order valence-corrected chi connectivity index (χ1v) is 7.91. The molecule has 1 N–H and O–H groups in total. The smallest absolute Gasteiger partial charge is 0.242 e. The Labute approximate surface area is 122 Å². The topological polar surface area (TPSA) is 64.6 Å². The van der Waals surface area contributed by atoms with Crippen molar-refractivity contribution in [3.63, 3.8) is 0 Å². The number of rotatable bonds is 4. The molecule has 1 aromatic carbocycles. The zero-order valence-corrected chi connectivity index (χ0v) is 12.4. The van der Waals surface area contributed by atoms with Gasteiger partial charge in [-0.25, -0.2) is 17.5 Å². The lowest BCUT2D eigenvalue weighted by atomic mass is 10.2. The summed E-state index contributed by atoms with van der Waals surface area (Å²) in [5.41, 5.74) is 0.220. The van der Waals surface area contributed by atoms with E-state index in [1.165, 1.54) is 13.0 Å². The molecule has 0 unspecified atom stereocenters. The Hall–Kier alpha value is -0.730. The van der Waals surface area contributed by atoms with Crippen LogP contribution in [0.25, 0.3) is 0 Å². The van der Waals surface area contributed by atoms with E-state index in [0.717, 1.165) is 6.07 Å². The van der Waals surface area contributed by atoms with Crippen LogP contribution in [0.15, 0.2) is 17.0 Å². The summed E-state index contributed by atoms with van der Waals surface area (Å²) < 4.78 is 50.3. The fourth-order valence-electron chi connectivity index (χ4n) is 1.78. The molecule has 2 rings (SSSR count). The van der Waals surface area contributed by atoms with Crippen molar-refractivity contribution < 1.29 is 22.3 Å². The van der Waals surface area contributed by atoms with E-state index in [1.54, 1.807) is 0 Å². The first-order valence-electron chi connectivity index (χ1n) is 6.05. The van der Waals surface area contributed by atoms with Crippen molar-refractivity contribution in [1.82, 2.24) is 4.72 Å². The molecule has 112 valence electrons. The van der Waals surface area contributed by atoms with Gasteiger partial charge in [-0.15, -0.1) is 0 Å². The molecule has 1 heterocycles. The minimum atomic E-state index is -3.80. The van der Waals surface area contributed by atoms with Crippen molar-refractivity contribution >= 4 is 21.6 Å². The number of hydrogen-bond donors (Lipinski definition) is 1. The van der Waals surface area contributed by atoms with Crippen LogP contribution in [0.4, 0.5) is 4.39 Å². The second-order valence-electron chi connectivity index (χ2n) is 4.49. The van der Waals surface area contributed by atoms with E-state index in [2.05, 4.69) is 4.72 Å². The third kappa shape index (κ3) is 3.67. The van der Waals surface area contributed by atoms with Gasteiger partial charge in [0.1, 0.15) is 17.5 Å². The highest BCUT2D eigenvalue weighted by atomic mass is 35.5. The van der Waals surface area contributed by atoms with E-state index in [9.17, 15) is 12.8 Å². The van der Waals surface area contributed by atoms with Crippen LogP contribution in [-0.4, -0.2) is 34.5 Å². The van der Waals surface area contributed by atoms with Crippen molar-refractivity contribution in [2.45, 2.75) is 24.3 Å². The third-order valence-corrected chi connectivity index (χ3v) is 4.86. The predicted octanol–water partition coefficient (Wildman–Crippen LogP) is 1.83. The molecule has 5 nitrogen and oxygen atoms in total. The summed E-state index contributed by atoms with van der Waals surface area (Å²) >= 11 is 5.80. The molecule has 0 aromatic heterocycles. The third-order valence-electron chi connectivity index (χ3n) is 2.97. The van der Waals surface area contributed by atoms with Gasteiger partial charge < -0.3 is 9.47 Å². The lowest BCUT2D eigenvalue weighted by molar-refractivity contribution is -0.136. The Balaban J connectivity index is 2.11. The van der Waals surface area contributed by atoms with Crippen LogP contribution in [0.1, 0.15) is 12.0 Å². The highest BCUT2D eigenvalue weighted by molar-refractivity contribution is 7.89. The van der Waals surface area contributed by atoms with Crippen molar-refractivity contribution in [1.29, 1.82) is 0 Å². The largest absolute Gasteiger partial charge is 0.355 e. The lowest BCUT2D eigenvalue weighted by Gasteiger charge is -2.23. The molecule has 0 bridgehead atoms.